The highest BCUT2D eigenvalue weighted by atomic mass is 35.5. The summed E-state index contributed by atoms with van der Waals surface area (Å²) in [5.41, 5.74) is 2.27. The first-order valence-corrected chi connectivity index (χ1v) is 12.0. The third-order valence-electron chi connectivity index (χ3n) is 5.53. The van der Waals surface area contributed by atoms with Crippen LogP contribution in [0, 0.1) is 0 Å². The lowest BCUT2D eigenvalue weighted by Crippen LogP contribution is -2.25. The van der Waals surface area contributed by atoms with Crippen molar-refractivity contribution in [3.05, 3.63) is 83.0 Å². The van der Waals surface area contributed by atoms with E-state index in [0.29, 0.717) is 27.4 Å². The first-order valence-electron chi connectivity index (χ1n) is 10.1. The number of benzene rings is 2. The maximum absolute atomic E-state index is 13.9. The van der Waals surface area contributed by atoms with Gasteiger partial charge >= 0.3 is 5.97 Å². The van der Waals surface area contributed by atoms with Crippen LogP contribution >= 0.6 is 11.6 Å². The van der Waals surface area contributed by atoms with Crippen LogP contribution in [-0.4, -0.2) is 23.5 Å². The van der Waals surface area contributed by atoms with Crippen LogP contribution in [-0.2, 0) is 14.8 Å². The van der Waals surface area contributed by atoms with Gasteiger partial charge in [0.25, 0.3) is 0 Å². The first-order chi connectivity index (χ1) is 14.6. The number of aliphatic carboxylic acids is 1. The molecule has 0 spiro atoms. The van der Waals surface area contributed by atoms with E-state index in [1.807, 2.05) is 12.1 Å². The van der Waals surface area contributed by atoms with Gasteiger partial charge in [0.1, 0.15) is 5.25 Å². The average Bonchev–Trinajstić information content (AvgIpc) is 3.07. The summed E-state index contributed by atoms with van der Waals surface area (Å²) in [6.45, 7) is 9.62. The minimum absolute atomic E-state index is 0.206. The van der Waals surface area contributed by atoms with Gasteiger partial charge in [-0.05, 0) is 47.7 Å². The topological polar surface area (TPSA) is 76.4 Å². The predicted molar refractivity (Wildman–Crippen MR) is 125 cm³/mol. The molecule has 1 heterocycles. The lowest BCUT2D eigenvalue weighted by molar-refractivity contribution is -0.138. The number of halogens is 1. The van der Waals surface area contributed by atoms with Gasteiger partial charge in [0, 0.05) is 16.1 Å². The van der Waals surface area contributed by atoms with Crippen molar-refractivity contribution in [3.63, 3.8) is 0 Å². The molecule has 2 atom stereocenters. The van der Waals surface area contributed by atoms with Gasteiger partial charge < -0.3 is 5.11 Å². The molecule has 3 rings (SSSR count). The molecule has 1 aromatic heterocycles. The third kappa shape index (κ3) is 4.27. The smallest absolute Gasteiger partial charge is 0.312 e. The van der Waals surface area contributed by atoms with Crippen LogP contribution in [0.3, 0.4) is 0 Å². The van der Waals surface area contributed by atoms with Gasteiger partial charge in [0.05, 0.1) is 11.4 Å². The Morgan fingerprint density at radius 2 is 1.74 bits per heavy atom. The summed E-state index contributed by atoms with van der Waals surface area (Å²) in [6.07, 6.45) is 1.63. The highest BCUT2D eigenvalue weighted by molar-refractivity contribution is 7.90. The zero-order valence-electron chi connectivity index (χ0n) is 17.7. The summed E-state index contributed by atoms with van der Waals surface area (Å²) >= 11 is 6.11. The zero-order valence-corrected chi connectivity index (χ0v) is 19.3. The van der Waals surface area contributed by atoms with E-state index in [2.05, 4.69) is 20.4 Å². The summed E-state index contributed by atoms with van der Waals surface area (Å²) in [7, 11) is -4.06. The van der Waals surface area contributed by atoms with E-state index in [1.54, 1.807) is 43.3 Å². The molecular weight excluding hydrogens is 434 g/mol. The molecule has 0 radical (unpaired) electrons. The van der Waals surface area contributed by atoms with Crippen molar-refractivity contribution >= 4 is 38.5 Å². The van der Waals surface area contributed by atoms with Gasteiger partial charge in [-0.25, -0.2) is 12.4 Å². The Morgan fingerprint density at radius 3 is 2.26 bits per heavy atom. The molecule has 7 heteroatoms. The fourth-order valence-electron chi connectivity index (χ4n) is 3.83. The zero-order chi connectivity index (χ0) is 22.9. The molecule has 0 saturated carbocycles. The lowest BCUT2D eigenvalue weighted by Gasteiger charge is -2.21. The molecule has 164 valence electrons. The first kappa shape index (κ1) is 23.1. The molecule has 3 aromatic rings. The van der Waals surface area contributed by atoms with Gasteiger partial charge in [-0.15, -0.1) is 6.58 Å². The van der Waals surface area contributed by atoms with Crippen LogP contribution in [0.5, 0.6) is 0 Å². The molecule has 0 aliphatic heterocycles. The molecule has 0 bridgehead atoms. The molecular formula is C24H26ClNO4S. The van der Waals surface area contributed by atoms with Crippen LogP contribution in [0.2, 0.25) is 5.02 Å². The Morgan fingerprint density at radius 1 is 1.13 bits per heavy atom. The Hall–Kier alpha value is -2.57. The lowest BCUT2D eigenvalue weighted by atomic mass is 10.0. The second kappa shape index (κ2) is 8.89. The Kier molecular flexibility index (Phi) is 6.62. The van der Waals surface area contributed by atoms with Crippen LogP contribution < -0.4 is 0 Å². The SMILES string of the molecule is C=CC(c1ccc(C(C)C)cc1)S(=O)(=O)n1c(C(CC)C(=O)O)cc2cc(Cl)ccc21. The number of rotatable bonds is 8. The van der Waals surface area contributed by atoms with Crippen molar-refractivity contribution in [1.29, 1.82) is 0 Å². The molecule has 0 aliphatic carbocycles. The average molecular weight is 460 g/mol. The molecule has 2 unspecified atom stereocenters. The summed E-state index contributed by atoms with van der Waals surface area (Å²) in [4.78, 5) is 11.9. The van der Waals surface area contributed by atoms with E-state index < -0.39 is 27.2 Å². The van der Waals surface area contributed by atoms with E-state index >= 15 is 0 Å². The number of hydrogen-bond acceptors (Lipinski definition) is 3. The molecule has 0 fully saturated rings. The highest BCUT2D eigenvalue weighted by Crippen LogP contribution is 2.36. The number of aromatic nitrogens is 1. The normalized spacial score (nSPS) is 14.0. The number of hydrogen-bond donors (Lipinski definition) is 1. The largest absolute Gasteiger partial charge is 0.481 e. The van der Waals surface area contributed by atoms with Crippen LogP contribution in [0.4, 0.5) is 0 Å². The molecule has 0 amide bonds. The second-order valence-corrected chi connectivity index (χ2v) is 10.2. The van der Waals surface area contributed by atoms with E-state index in [1.165, 1.54) is 6.08 Å². The highest BCUT2D eigenvalue weighted by Gasteiger charge is 2.33. The number of carboxylic acids is 1. The standard InChI is InChI=1S/C24H26ClNO4S/c1-5-20(24(27)28)22-14-18-13-19(25)11-12-21(18)26(22)31(29,30)23(6-2)17-9-7-16(8-10-17)15(3)4/h6-15,20,23H,2,5H2,1,3-4H3,(H,27,28). The number of fused-ring (bicyclic) bond motifs is 1. The van der Waals surface area contributed by atoms with Crippen LogP contribution in [0.1, 0.15) is 61.1 Å². The summed E-state index contributed by atoms with van der Waals surface area (Å²) in [5, 5.41) is 9.72. The Bertz CT molecular complexity index is 1230. The number of carbonyl (C=O) groups is 1. The van der Waals surface area contributed by atoms with Crippen LogP contribution in [0.15, 0.2) is 61.2 Å². The van der Waals surface area contributed by atoms with Crippen molar-refractivity contribution in [2.45, 2.75) is 44.3 Å². The van der Waals surface area contributed by atoms with Crippen molar-refractivity contribution < 1.29 is 18.3 Å². The van der Waals surface area contributed by atoms with Crippen molar-refractivity contribution in [1.82, 2.24) is 3.97 Å². The maximum Gasteiger partial charge on any atom is 0.312 e. The number of nitrogens with zero attached hydrogens (tertiary/aromatic N) is 1. The maximum atomic E-state index is 13.9. The van der Waals surface area contributed by atoms with E-state index in [9.17, 15) is 18.3 Å². The second-order valence-electron chi connectivity index (χ2n) is 7.86. The fourth-order valence-corrected chi connectivity index (χ4v) is 5.90. The molecule has 5 nitrogen and oxygen atoms in total. The summed E-state index contributed by atoms with van der Waals surface area (Å²) in [6, 6.07) is 13.8. The predicted octanol–water partition coefficient (Wildman–Crippen LogP) is 6.10. The minimum Gasteiger partial charge on any atom is -0.481 e. The minimum atomic E-state index is -4.06. The van der Waals surface area contributed by atoms with Crippen molar-refractivity contribution in [3.8, 4) is 0 Å². The molecule has 0 saturated heterocycles. The summed E-state index contributed by atoms with van der Waals surface area (Å²) < 4.78 is 28.9. The molecule has 31 heavy (non-hydrogen) atoms. The van der Waals surface area contributed by atoms with E-state index in [0.717, 1.165) is 9.54 Å². The monoisotopic (exact) mass is 459 g/mol. The molecule has 1 N–H and O–H groups in total. The third-order valence-corrected chi connectivity index (χ3v) is 7.79. The fraction of sp³-hybridized carbons (Fsp3) is 0.292. The van der Waals surface area contributed by atoms with Gasteiger partial charge in [-0.1, -0.05) is 62.7 Å². The Balaban J connectivity index is 2.26. The quantitative estimate of drug-likeness (QED) is 0.413. The van der Waals surface area contributed by atoms with Gasteiger partial charge in [0.2, 0.25) is 10.0 Å². The Labute approximate surface area is 188 Å². The van der Waals surface area contributed by atoms with Crippen LogP contribution in [0.25, 0.3) is 10.9 Å². The molecule has 2 aromatic carbocycles. The van der Waals surface area contributed by atoms with Gasteiger partial charge in [-0.3, -0.25) is 4.79 Å². The number of carboxylic acid groups (broad SMARTS) is 1. The van der Waals surface area contributed by atoms with E-state index in [4.69, 9.17) is 11.6 Å². The van der Waals surface area contributed by atoms with E-state index in [-0.39, 0.29) is 12.1 Å². The molecule has 0 aliphatic rings. The van der Waals surface area contributed by atoms with Crippen molar-refractivity contribution in [2.24, 2.45) is 0 Å². The summed E-state index contributed by atoms with van der Waals surface area (Å²) in [5.74, 6) is -1.74. The van der Waals surface area contributed by atoms with Crippen molar-refractivity contribution in [2.75, 3.05) is 0 Å². The van der Waals surface area contributed by atoms with Gasteiger partial charge in [-0.2, -0.15) is 0 Å². The van der Waals surface area contributed by atoms with Gasteiger partial charge in [0.15, 0.2) is 0 Å².